The van der Waals surface area contributed by atoms with E-state index in [-0.39, 0.29) is 23.6 Å². The molecule has 0 aromatic rings. The molecule has 4 amide bonds. The van der Waals surface area contributed by atoms with Crippen LogP contribution in [-0.4, -0.2) is 49.8 Å². The Balaban J connectivity index is 2.19. The van der Waals surface area contributed by atoms with Crippen molar-refractivity contribution in [3.8, 4) is 0 Å². The molecule has 0 radical (unpaired) electrons. The number of carbonyl (C=O) groups is 4. The zero-order chi connectivity index (χ0) is 31.8. The van der Waals surface area contributed by atoms with Gasteiger partial charge in [-0.05, 0) is 51.4 Å². The van der Waals surface area contributed by atoms with Crippen molar-refractivity contribution in [1.82, 2.24) is 21.3 Å². The van der Waals surface area contributed by atoms with Crippen LogP contribution in [0, 0.1) is 0 Å². The number of nitrogens with one attached hydrogen (secondary N) is 4. The molecule has 256 valence electrons. The summed E-state index contributed by atoms with van der Waals surface area (Å²) in [6, 6.07) is 0. The van der Waals surface area contributed by atoms with Crippen LogP contribution in [0.4, 0.5) is 0 Å². The summed E-state index contributed by atoms with van der Waals surface area (Å²) in [4.78, 5) is 48.2. The molecule has 1 heterocycles. The van der Waals surface area contributed by atoms with Crippen LogP contribution < -0.4 is 21.3 Å². The van der Waals surface area contributed by atoms with Gasteiger partial charge in [0.1, 0.15) is 0 Å². The van der Waals surface area contributed by atoms with Crippen molar-refractivity contribution in [3.63, 3.8) is 0 Å². The van der Waals surface area contributed by atoms with E-state index in [1.165, 1.54) is 51.4 Å². The first-order chi connectivity index (χ1) is 21.6. The molecule has 8 heteroatoms. The lowest BCUT2D eigenvalue weighted by molar-refractivity contribution is -0.122. The Labute approximate surface area is 269 Å². The third-order valence-corrected chi connectivity index (χ3v) is 8.61. The van der Waals surface area contributed by atoms with E-state index in [4.69, 9.17) is 0 Å². The van der Waals surface area contributed by atoms with E-state index in [2.05, 4.69) is 21.3 Å². The monoisotopic (exact) mass is 621 g/mol. The van der Waals surface area contributed by atoms with Gasteiger partial charge in [0.2, 0.25) is 23.6 Å². The summed E-state index contributed by atoms with van der Waals surface area (Å²) in [5, 5.41) is 12.2. The van der Waals surface area contributed by atoms with E-state index >= 15 is 0 Å². The molecular formula is C36H68N4O4. The highest BCUT2D eigenvalue weighted by Crippen LogP contribution is 2.12. The smallest absolute Gasteiger partial charge is 0.219 e. The first-order valence-electron chi connectivity index (χ1n) is 18.6. The van der Waals surface area contributed by atoms with E-state index < -0.39 is 0 Å². The summed E-state index contributed by atoms with van der Waals surface area (Å²) >= 11 is 0. The summed E-state index contributed by atoms with van der Waals surface area (Å²) in [5.41, 5.74) is 0. The third-order valence-electron chi connectivity index (χ3n) is 8.61. The minimum atomic E-state index is 0.172. The Hall–Kier alpha value is -2.12. The van der Waals surface area contributed by atoms with Crippen LogP contribution in [0.5, 0.6) is 0 Å². The van der Waals surface area contributed by atoms with Crippen LogP contribution >= 0.6 is 0 Å². The second kappa shape index (κ2) is 30.9. The van der Waals surface area contributed by atoms with Gasteiger partial charge in [0.05, 0.1) is 0 Å². The topological polar surface area (TPSA) is 116 Å². The molecule has 1 aliphatic rings. The Morgan fingerprint density at radius 1 is 0.227 bits per heavy atom. The van der Waals surface area contributed by atoms with Gasteiger partial charge >= 0.3 is 0 Å². The lowest BCUT2D eigenvalue weighted by Crippen LogP contribution is -2.24. The Bertz CT molecular complexity index is 611. The average Bonchev–Trinajstić information content (AvgIpc) is 3.01. The fraction of sp³-hybridized carbons (Fsp3) is 0.889. The van der Waals surface area contributed by atoms with Gasteiger partial charge in [0, 0.05) is 51.9 Å². The molecule has 0 spiro atoms. The number of hydrogen-bond donors (Lipinski definition) is 4. The quantitative estimate of drug-likeness (QED) is 0.226. The van der Waals surface area contributed by atoms with Crippen LogP contribution in [0.15, 0.2) is 0 Å². The molecule has 1 saturated heterocycles. The molecular weight excluding hydrogens is 552 g/mol. The highest BCUT2D eigenvalue weighted by molar-refractivity contribution is 5.76. The Morgan fingerprint density at radius 2 is 0.386 bits per heavy atom. The SMILES string of the molecule is O=C1CCCCCCCCCCC(=O)NCCCCCCNC(=O)CCCCCCCCCCC(=O)NCCCCCCN1. The van der Waals surface area contributed by atoms with Gasteiger partial charge in [-0.3, -0.25) is 19.2 Å². The summed E-state index contributed by atoms with van der Waals surface area (Å²) in [5.74, 6) is 0.687. The summed E-state index contributed by atoms with van der Waals surface area (Å²) < 4.78 is 0. The Morgan fingerprint density at radius 3 is 0.591 bits per heavy atom. The highest BCUT2D eigenvalue weighted by atomic mass is 16.2. The van der Waals surface area contributed by atoms with Crippen molar-refractivity contribution < 1.29 is 19.2 Å². The lowest BCUT2D eigenvalue weighted by atomic mass is 10.1. The number of carbonyl (C=O) groups excluding carboxylic acids is 4. The molecule has 0 atom stereocenters. The molecule has 1 aliphatic heterocycles. The largest absolute Gasteiger partial charge is 0.356 e. The van der Waals surface area contributed by atoms with Crippen LogP contribution in [0.2, 0.25) is 0 Å². The molecule has 1 rings (SSSR count). The van der Waals surface area contributed by atoms with Crippen molar-refractivity contribution >= 4 is 23.6 Å². The zero-order valence-electron chi connectivity index (χ0n) is 28.3. The summed E-state index contributed by atoms with van der Waals surface area (Å²) in [6.07, 6.45) is 28.6. The van der Waals surface area contributed by atoms with Crippen molar-refractivity contribution in [1.29, 1.82) is 0 Å². The van der Waals surface area contributed by atoms with E-state index in [1.807, 2.05) is 0 Å². The second-order valence-corrected chi connectivity index (χ2v) is 12.9. The number of amides is 4. The molecule has 1 fully saturated rings. The number of rotatable bonds is 0. The van der Waals surface area contributed by atoms with E-state index in [0.29, 0.717) is 25.7 Å². The normalized spacial score (nSPS) is 22.4. The second-order valence-electron chi connectivity index (χ2n) is 12.9. The van der Waals surface area contributed by atoms with Crippen molar-refractivity contribution in [2.45, 2.75) is 180 Å². The van der Waals surface area contributed by atoms with Gasteiger partial charge in [-0.1, -0.05) is 103 Å². The van der Waals surface area contributed by atoms with E-state index in [0.717, 1.165) is 129 Å². The van der Waals surface area contributed by atoms with Gasteiger partial charge < -0.3 is 21.3 Å². The zero-order valence-corrected chi connectivity index (χ0v) is 28.3. The molecule has 8 nitrogen and oxygen atoms in total. The third kappa shape index (κ3) is 28.6. The fourth-order valence-corrected chi connectivity index (χ4v) is 5.74. The molecule has 0 saturated carbocycles. The van der Waals surface area contributed by atoms with Gasteiger partial charge in [0.25, 0.3) is 0 Å². The minimum absolute atomic E-state index is 0.172. The van der Waals surface area contributed by atoms with Crippen molar-refractivity contribution in [2.24, 2.45) is 0 Å². The van der Waals surface area contributed by atoms with Crippen LogP contribution in [0.25, 0.3) is 0 Å². The predicted molar refractivity (Wildman–Crippen MR) is 181 cm³/mol. The molecule has 0 bridgehead atoms. The molecule has 4 N–H and O–H groups in total. The minimum Gasteiger partial charge on any atom is -0.356 e. The van der Waals surface area contributed by atoms with Crippen LogP contribution in [0.3, 0.4) is 0 Å². The highest BCUT2D eigenvalue weighted by Gasteiger charge is 2.05. The van der Waals surface area contributed by atoms with Crippen molar-refractivity contribution in [2.75, 3.05) is 26.2 Å². The summed E-state index contributed by atoms with van der Waals surface area (Å²) in [6.45, 7) is 3.00. The van der Waals surface area contributed by atoms with Crippen LogP contribution in [0.1, 0.15) is 180 Å². The molecule has 44 heavy (non-hydrogen) atoms. The first kappa shape index (κ1) is 39.9. The van der Waals surface area contributed by atoms with Crippen molar-refractivity contribution in [3.05, 3.63) is 0 Å². The molecule has 0 aromatic carbocycles. The van der Waals surface area contributed by atoms with Crippen LogP contribution in [-0.2, 0) is 19.2 Å². The summed E-state index contributed by atoms with van der Waals surface area (Å²) in [7, 11) is 0. The van der Waals surface area contributed by atoms with Gasteiger partial charge in [-0.25, -0.2) is 0 Å². The maximum absolute atomic E-state index is 12.0. The number of hydrogen-bond acceptors (Lipinski definition) is 4. The fourth-order valence-electron chi connectivity index (χ4n) is 5.74. The molecule has 0 aliphatic carbocycles. The van der Waals surface area contributed by atoms with E-state index in [9.17, 15) is 19.2 Å². The van der Waals surface area contributed by atoms with Gasteiger partial charge in [-0.2, -0.15) is 0 Å². The lowest BCUT2D eigenvalue weighted by Gasteiger charge is -2.07. The predicted octanol–water partition coefficient (Wildman–Crippen LogP) is 7.39. The first-order valence-corrected chi connectivity index (χ1v) is 18.6. The van der Waals surface area contributed by atoms with Gasteiger partial charge in [-0.15, -0.1) is 0 Å². The molecule has 0 aromatic heterocycles. The Kier molecular flexibility index (Phi) is 28.0. The maximum Gasteiger partial charge on any atom is 0.219 e. The average molecular weight is 621 g/mol. The van der Waals surface area contributed by atoms with E-state index in [1.54, 1.807) is 0 Å². The maximum atomic E-state index is 12.0. The standard InChI is InChI=1S/C36H68N4O4/c41-33-25-17-9-5-1-2-6-10-18-26-34(42)38-30-22-15-16-24-32-40-36(44)28-20-12-8-4-3-7-11-19-27-35(43)39-31-23-14-13-21-29-37-33/h1-32H2,(H,37,41)(H,38,42)(H,39,43)(H,40,44). The van der Waals surface area contributed by atoms with Gasteiger partial charge in [0.15, 0.2) is 0 Å². The molecule has 0 unspecified atom stereocenters.